The van der Waals surface area contributed by atoms with Crippen LogP contribution in [0.2, 0.25) is 0 Å². The maximum atomic E-state index is 6.11. The first-order valence-electron chi connectivity index (χ1n) is 7.83. The molecule has 1 aromatic carbocycles. The van der Waals surface area contributed by atoms with Crippen LogP contribution in [-0.2, 0) is 10.2 Å². The molecule has 0 spiro atoms. The Hall–Kier alpha value is -1.22. The van der Waals surface area contributed by atoms with Crippen molar-refractivity contribution in [3.8, 4) is 11.5 Å². The summed E-state index contributed by atoms with van der Waals surface area (Å²) in [6.07, 6.45) is 0. The molecule has 0 aromatic heterocycles. The molecule has 1 aliphatic rings. The quantitative estimate of drug-likeness (QED) is 0.424. The Labute approximate surface area is 161 Å². The first kappa shape index (κ1) is 20.8. The fourth-order valence-electron chi connectivity index (χ4n) is 2.52. The van der Waals surface area contributed by atoms with Gasteiger partial charge in [-0.2, -0.15) is 0 Å². The van der Waals surface area contributed by atoms with Crippen molar-refractivity contribution in [2.45, 2.75) is 19.3 Å². The Morgan fingerprint density at radius 2 is 1.83 bits per heavy atom. The minimum atomic E-state index is -0.156. The van der Waals surface area contributed by atoms with Crippen LogP contribution in [0, 0.1) is 0 Å². The van der Waals surface area contributed by atoms with Crippen molar-refractivity contribution in [1.82, 2.24) is 4.90 Å². The van der Waals surface area contributed by atoms with Crippen LogP contribution in [0.5, 0.6) is 11.5 Å². The minimum absolute atomic E-state index is 0. The van der Waals surface area contributed by atoms with E-state index in [9.17, 15) is 0 Å². The number of rotatable bonds is 5. The lowest BCUT2D eigenvalue weighted by molar-refractivity contribution is 0.0674. The number of ether oxygens (including phenoxy) is 3. The van der Waals surface area contributed by atoms with Crippen LogP contribution in [0.25, 0.3) is 0 Å². The van der Waals surface area contributed by atoms with E-state index < -0.39 is 0 Å². The summed E-state index contributed by atoms with van der Waals surface area (Å²) in [4.78, 5) is 6.65. The molecule has 136 valence electrons. The molecule has 0 saturated carbocycles. The molecule has 7 heteroatoms. The molecule has 0 aliphatic carbocycles. The largest absolute Gasteiger partial charge is 0.493 e. The number of guanidine groups is 1. The maximum Gasteiger partial charge on any atom is 0.191 e. The Kier molecular flexibility index (Phi) is 8.08. The zero-order valence-electron chi connectivity index (χ0n) is 14.9. The Balaban J connectivity index is 0.00000288. The van der Waals surface area contributed by atoms with Gasteiger partial charge in [0, 0.05) is 18.5 Å². The fraction of sp³-hybridized carbons (Fsp3) is 0.588. The maximum absolute atomic E-state index is 6.11. The van der Waals surface area contributed by atoms with Crippen molar-refractivity contribution in [3.63, 3.8) is 0 Å². The van der Waals surface area contributed by atoms with E-state index in [0.717, 1.165) is 30.2 Å². The SMILES string of the molecule is COc1ccc(C(C)(C)CN=C(N)N2CCOCC2)cc1OC.I. The number of hydrogen-bond donors (Lipinski definition) is 1. The van der Waals surface area contributed by atoms with Gasteiger partial charge in [-0.05, 0) is 17.7 Å². The average molecular weight is 449 g/mol. The zero-order valence-corrected chi connectivity index (χ0v) is 17.2. The summed E-state index contributed by atoms with van der Waals surface area (Å²) in [6, 6.07) is 5.96. The third kappa shape index (κ3) is 5.14. The summed E-state index contributed by atoms with van der Waals surface area (Å²) in [5.41, 5.74) is 7.09. The molecule has 0 atom stereocenters. The summed E-state index contributed by atoms with van der Waals surface area (Å²) in [7, 11) is 3.28. The predicted octanol–water partition coefficient (Wildman–Crippen LogP) is 2.25. The Morgan fingerprint density at radius 1 is 1.21 bits per heavy atom. The highest BCUT2D eigenvalue weighted by Gasteiger charge is 2.23. The zero-order chi connectivity index (χ0) is 16.9. The molecule has 1 aliphatic heterocycles. The van der Waals surface area contributed by atoms with Gasteiger partial charge < -0.3 is 24.8 Å². The molecule has 1 fully saturated rings. The van der Waals surface area contributed by atoms with E-state index in [4.69, 9.17) is 19.9 Å². The van der Waals surface area contributed by atoms with Gasteiger partial charge in [-0.1, -0.05) is 19.9 Å². The number of halogens is 1. The predicted molar refractivity (Wildman–Crippen MR) is 107 cm³/mol. The molecule has 0 unspecified atom stereocenters. The first-order chi connectivity index (χ1) is 11.0. The van der Waals surface area contributed by atoms with E-state index in [0.29, 0.717) is 25.7 Å². The second-order valence-electron chi connectivity index (χ2n) is 6.23. The minimum Gasteiger partial charge on any atom is -0.493 e. The Bertz CT molecular complexity index is 558. The van der Waals surface area contributed by atoms with Crippen LogP contribution in [0.3, 0.4) is 0 Å². The molecule has 0 radical (unpaired) electrons. The highest BCUT2D eigenvalue weighted by atomic mass is 127. The molecule has 2 N–H and O–H groups in total. The van der Waals surface area contributed by atoms with Crippen LogP contribution in [0.1, 0.15) is 19.4 Å². The van der Waals surface area contributed by atoms with Gasteiger partial charge in [0.15, 0.2) is 17.5 Å². The van der Waals surface area contributed by atoms with Crippen molar-refractivity contribution >= 4 is 29.9 Å². The van der Waals surface area contributed by atoms with Crippen molar-refractivity contribution in [2.75, 3.05) is 47.1 Å². The van der Waals surface area contributed by atoms with E-state index in [2.05, 4.69) is 23.7 Å². The lowest BCUT2D eigenvalue weighted by atomic mass is 9.84. The molecule has 24 heavy (non-hydrogen) atoms. The molecule has 0 amide bonds. The highest BCUT2D eigenvalue weighted by Crippen LogP contribution is 2.33. The van der Waals surface area contributed by atoms with Crippen LogP contribution in [0.15, 0.2) is 23.2 Å². The van der Waals surface area contributed by atoms with Crippen molar-refractivity contribution in [1.29, 1.82) is 0 Å². The first-order valence-corrected chi connectivity index (χ1v) is 7.83. The van der Waals surface area contributed by atoms with Crippen LogP contribution < -0.4 is 15.2 Å². The molecular weight excluding hydrogens is 421 g/mol. The summed E-state index contributed by atoms with van der Waals surface area (Å²) in [6.45, 7) is 7.89. The van der Waals surface area contributed by atoms with E-state index in [1.165, 1.54) is 0 Å². The third-order valence-corrected chi connectivity index (χ3v) is 4.14. The van der Waals surface area contributed by atoms with Crippen molar-refractivity contribution < 1.29 is 14.2 Å². The van der Waals surface area contributed by atoms with Crippen LogP contribution >= 0.6 is 24.0 Å². The number of methoxy groups -OCH3 is 2. The van der Waals surface area contributed by atoms with E-state index in [1.54, 1.807) is 14.2 Å². The second-order valence-corrected chi connectivity index (χ2v) is 6.23. The summed E-state index contributed by atoms with van der Waals surface area (Å²) in [5.74, 6) is 2.04. The van der Waals surface area contributed by atoms with Gasteiger partial charge in [-0.3, -0.25) is 4.99 Å². The van der Waals surface area contributed by atoms with Gasteiger partial charge in [0.1, 0.15) is 0 Å². The smallest absolute Gasteiger partial charge is 0.191 e. The van der Waals surface area contributed by atoms with E-state index in [-0.39, 0.29) is 29.4 Å². The van der Waals surface area contributed by atoms with Gasteiger partial charge in [0.2, 0.25) is 0 Å². The molecule has 0 bridgehead atoms. The molecule has 1 heterocycles. The number of nitrogens with two attached hydrogens (primary N) is 1. The lowest BCUT2D eigenvalue weighted by Crippen LogP contribution is -2.45. The number of aliphatic imine (C=N–C) groups is 1. The molecule has 1 saturated heterocycles. The number of nitrogens with zero attached hydrogens (tertiary/aromatic N) is 2. The van der Waals surface area contributed by atoms with E-state index >= 15 is 0 Å². The van der Waals surface area contributed by atoms with Crippen LogP contribution in [0.4, 0.5) is 0 Å². The number of benzene rings is 1. The number of hydrogen-bond acceptors (Lipinski definition) is 4. The molecule has 6 nitrogen and oxygen atoms in total. The van der Waals surface area contributed by atoms with Crippen molar-refractivity contribution in [3.05, 3.63) is 23.8 Å². The van der Waals surface area contributed by atoms with Crippen LogP contribution in [-0.4, -0.2) is 57.9 Å². The fourth-order valence-corrected chi connectivity index (χ4v) is 2.52. The summed E-state index contributed by atoms with van der Waals surface area (Å²) >= 11 is 0. The molecular formula is C17H28IN3O3. The monoisotopic (exact) mass is 449 g/mol. The van der Waals surface area contributed by atoms with Gasteiger partial charge in [0.05, 0.1) is 34.0 Å². The molecule has 2 rings (SSSR count). The van der Waals surface area contributed by atoms with Gasteiger partial charge in [-0.15, -0.1) is 24.0 Å². The highest BCUT2D eigenvalue weighted by molar-refractivity contribution is 14.0. The molecule has 1 aromatic rings. The van der Waals surface area contributed by atoms with Crippen molar-refractivity contribution in [2.24, 2.45) is 10.7 Å². The summed E-state index contributed by atoms with van der Waals surface area (Å²) in [5, 5.41) is 0. The normalized spacial score (nSPS) is 15.7. The summed E-state index contributed by atoms with van der Waals surface area (Å²) < 4.78 is 16.0. The van der Waals surface area contributed by atoms with E-state index in [1.807, 2.05) is 18.2 Å². The third-order valence-electron chi connectivity index (χ3n) is 4.14. The number of morpholine rings is 1. The topological polar surface area (TPSA) is 69.3 Å². The Morgan fingerprint density at radius 3 is 2.42 bits per heavy atom. The van der Waals surface area contributed by atoms with Gasteiger partial charge in [0.25, 0.3) is 0 Å². The standard InChI is InChI=1S/C17H27N3O3.HI/c1-17(2,12-19-16(18)20-7-9-23-10-8-20)13-5-6-14(21-3)15(11-13)22-4;/h5-6,11H,7-10,12H2,1-4H3,(H2,18,19);1H. The van der Waals surface area contributed by atoms with Gasteiger partial charge in [-0.25, -0.2) is 0 Å². The lowest BCUT2D eigenvalue weighted by Gasteiger charge is -2.29. The van der Waals surface area contributed by atoms with Gasteiger partial charge >= 0.3 is 0 Å². The second kappa shape index (κ2) is 9.31. The average Bonchev–Trinajstić information content (AvgIpc) is 2.59.